The number of benzene rings is 1. The molecule has 3 rings (SSSR count). The van der Waals surface area contributed by atoms with Crippen molar-refractivity contribution in [2.75, 3.05) is 0 Å². The van der Waals surface area contributed by atoms with E-state index in [9.17, 15) is 0 Å². The van der Waals surface area contributed by atoms with Crippen LogP contribution in [-0.2, 0) is 0 Å². The van der Waals surface area contributed by atoms with E-state index in [0.717, 1.165) is 22.6 Å². The van der Waals surface area contributed by atoms with E-state index < -0.39 is 0 Å². The summed E-state index contributed by atoms with van der Waals surface area (Å²) in [5.74, 6) is 0. The second-order valence-corrected chi connectivity index (χ2v) is 5.50. The van der Waals surface area contributed by atoms with E-state index in [1.165, 1.54) is 27.6 Å². The fraction of sp³-hybridized carbons (Fsp3) is 0.375. The molecule has 98 valence electrons. The zero-order valence-corrected chi connectivity index (χ0v) is 12.4. The van der Waals surface area contributed by atoms with Crippen molar-refractivity contribution in [3.05, 3.63) is 39.7 Å². The summed E-state index contributed by atoms with van der Waals surface area (Å²) in [6.07, 6.45) is 0. The van der Waals surface area contributed by atoms with Gasteiger partial charge in [-0.15, -0.1) is 0 Å². The molecule has 0 fully saturated rings. The van der Waals surface area contributed by atoms with Crippen LogP contribution in [0.2, 0.25) is 0 Å². The van der Waals surface area contributed by atoms with Gasteiger partial charge in [-0.25, -0.2) is 9.50 Å². The third-order valence-corrected chi connectivity index (χ3v) is 4.31. The largest absolute Gasteiger partial charge is 0.233 e. The Balaban J connectivity index is 2.67. The lowest BCUT2D eigenvalue weighted by Crippen LogP contribution is -1.97. The van der Waals surface area contributed by atoms with Gasteiger partial charge in [-0.05, 0) is 69.9 Å². The van der Waals surface area contributed by atoms with Gasteiger partial charge in [0.05, 0.1) is 10.9 Å². The maximum absolute atomic E-state index is 4.77. The molecule has 0 radical (unpaired) electrons. The van der Waals surface area contributed by atoms with Crippen LogP contribution < -0.4 is 0 Å². The highest BCUT2D eigenvalue weighted by Gasteiger charge is 2.16. The Kier molecular flexibility index (Phi) is 2.43. The molecule has 0 unspecified atom stereocenters. The number of hydrogen-bond acceptors (Lipinski definition) is 2. The van der Waals surface area contributed by atoms with E-state index in [2.05, 4.69) is 40.7 Å². The Morgan fingerprint density at radius 2 is 1.47 bits per heavy atom. The lowest BCUT2D eigenvalue weighted by Gasteiger charge is -2.09. The van der Waals surface area contributed by atoms with Crippen molar-refractivity contribution in [2.45, 2.75) is 41.5 Å². The molecule has 0 bridgehead atoms. The zero-order chi connectivity index (χ0) is 13.9. The van der Waals surface area contributed by atoms with Crippen LogP contribution in [0.1, 0.15) is 33.6 Å². The number of fused-ring (bicyclic) bond motifs is 3. The quantitative estimate of drug-likeness (QED) is 0.611. The van der Waals surface area contributed by atoms with Gasteiger partial charge in [0.25, 0.3) is 0 Å². The summed E-state index contributed by atoms with van der Waals surface area (Å²) >= 11 is 0. The van der Waals surface area contributed by atoms with Gasteiger partial charge in [-0.2, -0.15) is 5.10 Å². The topological polar surface area (TPSA) is 30.2 Å². The summed E-state index contributed by atoms with van der Waals surface area (Å²) in [6, 6.07) is 2.07. The molecule has 0 aliphatic heterocycles. The maximum Gasteiger partial charge on any atom is 0.163 e. The van der Waals surface area contributed by atoms with Crippen LogP contribution in [-0.4, -0.2) is 14.6 Å². The highest BCUT2D eigenvalue weighted by Crippen LogP contribution is 2.31. The molecular formula is C16H19N3. The molecule has 2 heterocycles. The first-order valence-corrected chi connectivity index (χ1v) is 6.65. The molecule has 1 aromatic carbocycles. The minimum Gasteiger partial charge on any atom is -0.233 e. The van der Waals surface area contributed by atoms with Crippen LogP contribution in [0.25, 0.3) is 16.6 Å². The highest BCUT2D eigenvalue weighted by molar-refractivity contribution is 5.98. The number of hydrogen-bond donors (Lipinski definition) is 0. The highest BCUT2D eigenvalue weighted by atomic mass is 15.3. The van der Waals surface area contributed by atoms with Crippen LogP contribution in [0, 0.1) is 41.5 Å². The summed E-state index contributed by atoms with van der Waals surface area (Å²) in [7, 11) is 0. The standard InChI is InChI=1S/C16H19N3/c1-8-7-9(2)19-16(17-8)14-12(5)10(3)11(4)13(6)15(14)18-19/h7H,1-6H3. The monoisotopic (exact) mass is 253 g/mol. The van der Waals surface area contributed by atoms with Crippen molar-refractivity contribution < 1.29 is 0 Å². The molecule has 0 aliphatic rings. The van der Waals surface area contributed by atoms with Crippen molar-refractivity contribution in [1.82, 2.24) is 14.6 Å². The SMILES string of the molecule is Cc1cc(C)n2nc3c(C)c(C)c(C)c(C)c3c2n1. The number of rotatable bonds is 0. The fourth-order valence-corrected chi connectivity index (χ4v) is 2.86. The predicted molar refractivity (Wildman–Crippen MR) is 78.9 cm³/mol. The first-order valence-electron chi connectivity index (χ1n) is 6.65. The van der Waals surface area contributed by atoms with E-state index >= 15 is 0 Å². The van der Waals surface area contributed by atoms with Gasteiger partial charge in [0, 0.05) is 11.4 Å². The van der Waals surface area contributed by atoms with Gasteiger partial charge in [0.15, 0.2) is 5.65 Å². The number of aromatic nitrogens is 3. The van der Waals surface area contributed by atoms with E-state index in [1.54, 1.807) is 0 Å². The van der Waals surface area contributed by atoms with Gasteiger partial charge in [-0.3, -0.25) is 0 Å². The third kappa shape index (κ3) is 1.51. The predicted octanol–water partition coefficient (Wildman–Crippen LogP) is 3.73. The molecule has 0 saturated heterocycles. The molecule has 19 heavy (non-hydrogen) atoms. The Labute approximate surface area is 113 Å². The normalized spacial score (nSPS) is 11.7. The Morgan fingerprint density at radius 3 is 2.16 bits per heavy atom. The smallest absolute Gasteiger partial charge is 0.163 e. The summed E-state index contributed by atoms with van der Waals surface area (Å²) < 4.78 is 1.97. The van der Waals surface area contributed by atoms with Gasteiger partial charge >= 0.3 is 0 Å². The van der Waals surface area contributed by atoms with E-state index in [0.29, 0.717) is 0 Å². The third-order valence-electron chi connectivity index (χ3n) is 4.31. The van der Waals surface area contributed by atoms with E-state index in [1.807, 2.05) is 11.4 Å². The maximum atomic E-state index is 4.77. The van der Waals surface area contributed by atoms with Crippen molar-refractivity contribution >= 4 is 16.6 Å². The molecule has 0 spiro atoms. The summed E-state index contributed by atoms with van der Waals surface area (Å²) in [6.45, 7) is 12.8. The van der Waals surface area contributed by atoms with Gasteiger partial charge in [0.1, 0.15) is 0 Å². The Morgan fingerprint density at radius 1 is 0.842 bits per heavy atom. The molecule has 3 aromatic rings. The molecule has 0 amide bonds. The molecular weight excluding hydrogens is 234 g/mol. The van der Waals surface area contributed by atoms with Crippen LogP contribution in [0.3, 0.4) is 0 Å². The number of aryl methyl sites for hydroxylation is 4. The zero-order valence-electron chi connectivity index (χ0n) is 12.4. The van der Waals surface area contributed by atoms with Gasteiger partial charge < -0.3 is 0 Å². The first kappa shape index (κ1) is 12.2. The molecule has 2 aromatic heterocycles. The Bertz CT molecular complexity index is 825. The molecule has 0 N–H and O–H groups in total. The van der Waals surface area contributed by atoms with E-state index in [4.69, 9.17) is 10.1 Å². The van der Waals surface area contributed by atoms with Gasteiger partial charge in [-0.1, -0.05) is 0 Å². The fourth-order valence-electron chi connectivity index (χ4n) is 2.86. The molecule has 3 nitrogen and oxygen atoms in total. The van der Waals surface area contributed by atoms with Crippen LogP contribution >= 0.6 is 0 Å². The summed E-state index contributed by atoms with van der Waals surface area (Å²) in [4.78, 5) is 4.70. The second-order valence-electron chi connectivity index (χ2n) is 5.50. The van der Waals surface area contributed by atoms with Crippen molar-refractivity contribution in [1.29, 1.82) is 0 Å². The van der Waals surface area contributed by atoms with Crippen molar-refractivity contribution in [2.24, 2.45) is 0 Å². The molecule has 3 heteroatoms. The van der Waals surface area contributed by atoms with Crippen LogP contribution in [0.5, 0.6) is 0 Å². The molecule has 0 atom stereocenters. The van der Waals surface area contributed by atoms with Crippen molar-refractivity contribution in [3.8, 4) is 0 Å². The summed E-state index contributed by atoms with van der Waals surface area (Å²) in [5.41, 5.74) is 9.49. The van der Waals surface area contributed by atoms with Gasteiger partial charge in [0.2, 0.25) is 0 Å². The first-order chi connectivity index (χ1) is 8.91. The Hall–Kier alpha value is -1.90. The van der Waals surface area contributed by atoms with Crippen LogP contribution in [0.15, 0.2) is 6.07 Å². The van der Waals surface area contributed by atoms with Crippen molar-refractivity contribution in [3.63, 3.8) is 0 Å². The minimum atomic E-state index is 0.983. The molecule has 0 aliphatic carbocycles. The van der Waals surface area contributed by atoms with Crippen LogP contribution in [0.4, 0.5) is 0 Å². The minimum absolute atomic E-state index is 0.983. The second kappa shape index (κ2) is 3.80. The lowest BCUT2D eigenvalue weighted by molar-refractivity contribution is 0.897. The van der Waals surface area contributed by atoms with E-state index in [-0.39, 0.29) is 0 Å². The average molecular weight is 253 g/mol. The average Bonchev–Trinajstić information content (AvgIpc) is 2.73. The lowest BCUT2D eigenvalue weighted by atomic mass is 9.95. The summed E-state index contributed by atoms with van der Waals surface area (Å²) in [5, 5.41) is 5.97. The number of nitrogens with zero attached hydrogens (tertiary/aromatic N) is 3. The molecule has 0 saturated carbocycles.